The second-order valence-corrected chi connectivity index (χ2v) is 13.3. The molecule has 1 aliphatic carbocycles. The molecular weight excluding hydrogens is 622 g/mol. The molecule has 0 bridgehead atoms. The highest BCUT2D eigenvalue weighted by Crippen LogP contribution is 2.30. The highest BCUT2D eigenvalue weighted by Gasteiger charge is 2.42. The molecule has 14 nitrogen and oxygen atoms in total. The number of aromatic nitrogens is 3. The minimum atomic E-state index is -3.74. The van der Waals surface area contributed by atoms with E-state index in [1.54, 1.807) is 12.1 Å². The van der Waals surface area contributed by atoms with Crippen LogP contribution in [0.25, 0.3) is 5.57 Å². The lowest BCUT2D eigenvalue weighted by atomic mass is 9.90. The smallest absolute Gasteiger partial charge is 0.302 e. The minimum Gasteiger partial charge on any atom is -0.487 e. The molecule has 0 saturated carbocycles. The molecule has 2 aromatic heterocycles. The highest BCUT2D eigenvalue weighted by atomic mass is 35.5. The zero-order valence-corrected chi connectivity index (χ0v) is 26.0. The molecule has 0 atom stereocenters. The van der Waals surface area contributed by atoms with Crippen molar-refractivity contribution >= 4 is 50.7 Å². The van der Waals surface area contributed by atoms with Crippen molar-refractivity contribution in [3.63, 3.8) is 0 Å². The van der Waals surface area contributed by atoms with Crippen LogP contribution in [-0.2, 0) is 16.6 Å². The number of piperidine rings is 1. The Balaban J connectivity index is 1.04. The Kier molecular flexibility index (Phi) is 8.24. The summed E-state index contributed by atoms with van der Waals surface area (Å²) in [5.74, 6) is 0.992. The van der Waals surface area contributed by atoms with E-state index in [1.165, 1.54) is 16.4 Å². The SMILES string of the molecule is Cc1oc(C2=CCCC=C2)nc1COc1ccc(S(=O)(=O)N2CCC3(CC2)CN/C(=N\C(=O)c2nc(Cl)c(N)nc2N)N3)cc1. The van der Waals surface area contributed by atoms with E-state index in [1.807, 2.05) is 13.0 Å². The summed E-state index contributed by atoms with van der Waals surface area (Å²) >= 11 is 5.88. The average molecular weight is 654 g/mol. The Morgan fingerprint density at radius 2 is 1.89 bits per heavy atom. The number of allylic oxidation sites excluding steroid dienone is 4. The van der Waals surface area contributed by atoms with E-state index < -0.39 is 21.5 Å². The number of anilines is 2. The molecular formula is C29H32ClN9O5S. The Morgan fingerprint density at radius 3 is 2.60 bits per heavy atom. The number of aliphatic imine (C=N–C) groups is 1. The molecule has 6 rings (SSSR count). The molecule has 1 spiro atoms. The van der Waals surface area contributed by atoms with E-state index in [0.717, 1.165) is 18.4 Å². The lowest BCUT2D eigenvalue weighted by Gasteiger charge is -2.37. The summed E-state index contributed by atoms with van der Waals surface area (Å²) in [6.45, 7) is 3.06. The Labute approximate surface area is 264 Å². The second kappa shape index (κ2) is 12.1. The Morgan fingerprint density at radius 1 is 1.13 bits per heavy atom. The fourth-order valence-electron chi connectivity index (χ4n) is 5.34. The van der Waals surface area contributed by atoms with Gasteiger partial charge in [-0.25, -0.2) is 23.4 Å². The number of rotatable bonds is 7. The van der Waals surface area contributed by atoms with Gasteiger partial charge < -0.3 is 31.3 Å². The zero-order chi connectivity index (χ0) is 31.8. The minimum absolute atomic E-state index is 0.0853. The molecule has 6 N–H and O–H groups in total. The van der Waals surface area contributed by atoms with Crippen LogP contribution >= 0.6 is 11.6 Å². The number of ether oxygens (including phenoxy) is 1. The Bertz CT molecular complexity index is 1830. The number of nitrogens with zero attached hydrogens (tertiary/aromatic N) is 5. The van der Waals surface area contributed by atoms with Crippen molar-refractivity contribution in [3.05, 3.63) is 70.7 Å². The first-order chi connectivity index (χ1) is 21.5. The second-order valence-electron chi connectivity index (χ2n) is 11.0. The van der Waals surface area contributed by atoms with Crippen LogP contribution in [0.15, 0.2) is 56.8 Å². The van der Waals surface area contributed by atoms with Gasteiger partial charge in [0.25, 0.3) is 0 Å². The number of aryl methyl sites for hydroxylation is 1. The maximum absolute atomic E-state index is 13.4. The Hall–Kier alpha value is -4.47. The maximum Gasteiger partial charge on any atom is 0.302 e. The largest absolute Gasteiger partial charge is 0.487 e. The van der Waals surface area contributed by atoms with E-state index in [-0.39, 0.29) is 53.0 Å². The molecule has 2 fully saturated rings. The van der Waals surface area contributed by atoms with E-state index >= 15 is 0 Å². The number of halogens is 1. The fraction of sp³-hybridized carbons (Fsp3) is 0.345. The monoisotopic (exact) mass is 653 g/mol. The topological polar surface area (TPSA) is 204 Å². The fourth-order valence-corrected chi connectivity index (χ4v) is 6.90. The van der Waals surface area contributed by atoms with Gasteiger partial charge in [-0.1, -0.05) is 29.8 Å². The van der Waals surface area contributed by atoms with E-state index in [0.29, 0.717) is 42.5 Å². The van der Waals surface area contributed by atoms with Crippen LogP contribution in [0.3, 0.4) is 0 Å². The van der Waals surface area contributed by atoms with Crippen molar-refractivity contribution in [2.75, 3.05) is 31.1 Å². The zero-order valence-electron chi connectivity index (χ0n) is 24.4. The van der Waals surface area contributed by atoms with Crippen LogP contribution in [0.5, 0.6) is 5.75 Å². The predicted octanol–water partition coefficient (Wildman–Crippen LogP) is 2.82. The summed E-state index contributed by atoms with van der Waals surface area (Å²) in [6, 6.07) is 6.35. The number of nitrogen functional groups attached to an aromatic ring is 2. The normalized spacial score (nSPS) is 18.9. The molecule has 0 radical (unpaired) electrons. The van der Waals surface area contributed by atoms with Crippen LogP contribution in [-0.4, -0.2) is 64.7 Å². The molecule has 1 amide bonds. The number of oxazole rings is 1. The van der Waals surface area contributed by atoms with Gasteiger partial charge in [0.15, 0.2) is 28.4 Å². The van der Waals surface area contributed by atoms with Gasteiger partial charge in [-0.2, -0.15) is 9.30 Å². The van der Waals surface area contributed by atoms with Gasteiger partial charge in [0.05, 0.1) is 10.4 Å². The van der Waals surface area contributed by atoms with E-state index in [4.69, 9.17) is 32.2 Å². The molecule has 3 aromatic rings. The van der Waals surface area contributed by atoms with Gasteiger partial charge in [0.2, 0.25) is 15.9 Å². The van der Waals surface area contributed by atoms with Crippen molar-refractivity contribution in [2.24, 2.45) is 4.99 Å². The molecule has 236 valence electrons. The lowest BCUT2D eigenvalue weighted by Crippen LogP contribution is -2.53. The van der Waals surface area contributed by atoms with E-state index in [2.05, 4.69) is 42.7 Å². The van der Waals surface area contributed by atoms with Crippen LogP contribution in [0, 0.1) is 6.92 Å². The van der Waals surface area contributed by atoms with Crippen LogP contribution in [0.1, 0.15) is 53.5 Å². The van der Waals surface area contributed by atoms with Gasteiger partial charge in [-0.3, -0.25) is 4.79 Å². The average Bonchev–Trinajstić information content (AvgIpc) is 3.61. The summed E-state index contributed by atoms with van der Waals surface area (Å²) in [4.78, 5) is 29.1. The number of benzene rings is 1. The van der Waals surface area contributed by atoms with Crippen molar-refractivity contribution in [3.8, 4) is 5.75 Å². The van der Waals surface area contributed by atoms with Gasteiger partial charge in [-0.05, 0) is 56.9 Å². The highest BCUT2D eigenvalue weighted by molar-refractivity contribution is 7.89. The lowest BCUT2D eigenvalue weighted by molar-refractivity contribution is 0.0998. The first-order valence-corrected chi connectivity index (χ1v) is 16.1. The number of hydrogen-bond acceptors (Lipinski definition) is 10. The number of nitrogens with one attached hydrogen (secondary N) is 2. The number of carbonyl (C=O) groups excluding carboxylic acids is 1. The molecule has 1 aromatic carbocycles. The van der Waals surface area contributed by atoms with Crippen LogP contribution < -0.4 is 26.8 Å². The first-order valence-electron chi connectivity index (χ1n) is 14.3. The number of hydrogen-bond donors (Lipinski definition) is 4. The molecule has 3 aliphatic rings. The van der Waals surface area contributed by atoms with Crippen molar-refractivity contribution in [2.45, 2.75) is 49.6 Å². The summed E-state index contributed by atoms with van der Waals surface area (Å²) in [6.07, 6.45) is 9.14. The number of amides is 1. The number of sulfonamides is 1. The standard InChI is InChI=1S/C29H32ClN9O5S/c1-17-21(34-27(44-17)18-5-3-2-4-6-18)15-43-19-7-9-20(10-8-19)45(41,42)39-13-11-29(12-14-39)16-33-28(38-29)37-26(40)22-24(31)36-25(32)23(30)35-22/h3,5-10H,2,4,11-16H2,1H3,(H4,31,32,36)(H2,33,37,38,40). The predicted molar refractivity (Wildman–Crippen MR) is 168 cm³/mol. The van der Waals surface area contributed by atoms with Crippen LogP contribution in [0.4, 0.5) is 11.6 Å². The molecule has 2 aliphatic heterocycles. The van der Waals surface area contributed by atoms with Crippen molar-refractivity contribution < 1.29 is 22.4 Å². The number of guanidine groups is 1. The third-order valence-electron chi connectivity index (χ3n) is 7.95. The maximum atomic E-state index is 13.4. The van der Waals surface area contributed by atoms with Crippen molar-refractivity contribution in [1.29, 1.82) is 0 Å². The molecule has 45 heavy (non-hydrogen) atoms. The van der Waals surface area contributed by atoms with Crippen LogP contribution in [0.2, 0.25) is 5.15 Å². The summed E-state index contributed by atoms with van der Waals surface area (Å²) < 4.78 is 40.0. The summed E-state index contributed by atoms with van der Waals surface area (Å²) in [5.41, 5.74) is 12.3. The third-order valence-corrected chi connectivity index (χ3v) is 10.1. The quantitative estimate of drug-likeness (QED) is 0.291. The van der Waals surface area contributed by atoms with Gasteiger partial charge in [0, 0.05) is 25.2 Å². The molecule has 0 unspecified atom stereocenters. The number of nitrogens with two attached hydrogens (primary N) is 2. The van der Waals surface area contributed by atoms with Gasteiger partial charge in [0.1, 0.15) is 23.8 Å². The molecule has 4 heterocycles. The third kappa shape index (κ3) is 6.36. The molecule has 16 heteroatoms. The number of carbonyl (C=O) groups is 1. The van der Waals surface area contributed by atoms with Gasteiger partial charge in [-0.15, -0.1) is 0 Å². The first kappa shape index (κ1) is 30.6. The summed E-state index contributed by atoms with van der Waals surface area (Å²) in [5, 5.41) is 6.17. The van der Waals surface area contributed by atoms with Crippen molar-refractivity contribution in [1.82, 2.24) is 29.9 Å². The van der Waals surface area contributed by atoms with E-state index in [9.17, 15) is 13.2 Å². The van der Waals surface area contributed by atoms with Gasteiger partial charge >= 0.3 is 5.91 Å². The molecule has 2 saturated heterocycles. The summed E-state index contributed by atoms with van der Waals surface area (Å²) in [7, 11) is -3.74.